The molecular weight excluding hydrogens is 286 g/mol. The number of esters is 2. The van der Waals surface area contributed by atoms with Gasteiger partial charge < -0.3 is 14.2 Å². The maximum absolute atomic E-state index is 11.6. The lowest BCUT2D eigenvalue weighted by Gasteiger charge is -2.25. The zero-order valence-electron chi connectivity index (χ0n) is 13.7. The van der Waals surface area contributed by atoms with Crippen LogP contribution in [0.2, 0.25) is 0 Å². The first-order chi connectivity index (χ1) is 10.5. The van der Waals surface area contributed by atoms with E-state index in [0.717, 1.165) is 31.7 Å². The molecule has 1 rings (SSSR count). The number of carbonyl (C=O) groups is 2. The average molecular weight is 313 g/mol. The largest absolute Gasteiger partial charge is 0.461 e. The van der Waals surface area contributed by atoms with Gasteiger partial charge in [0, 0.05) is 31.8 Å². The van der Waals surface area contributed by atoms with E-state index in [4.69, 9.17) is 14.2 Å². The van der Waals surface area contributed by atoms with Crippen LogP contribution in [-0.2, 0) is 23.8 Å². The first kappa shape index (κ1) is 18.6. The lowest BCUT2D eigenvalue weighted by Crippen LogP contribution is -2.38. The Morgan fingerprint density at radius 3 is 2.45 bits per heavy atom. The maximum Gasteiger partial charge on any atom is 0.331 e. The monoisotopic (exact) mass is 313 g/mol. The Morgan fingerprint density at radius 2 is 1.82 bits per heavy atom. The van der Waals surface area contributed by atoms with Crippen molar-refractivity contribution in [3.8, 4) is 0 Å². The molecule has 0 amide bonds. The molecule has 1 aliphatic rings. The van der Waals surface area contributed by atoms with Crippen molar-refractivity contribution in [1.82, 2.24) is 4.90 Å². The molecule has 0 aromatic rings. The first-order valence-electron chi connectivity index (χ1n) is 7.88. The van der Waals surface area contributed by atoms with E-state index in [1.165, 1.54) is 0 Å². The number of ether oxygens (including phenoxy) is 3. The molecular formula is C16H27NO5. The predicted octanol–water partition coefficient (Wildman–Crippen LogP) is 1.40. The molecule has 0 radical (unpaired) electrons. The van der Waals surface area contributed by atoms with E-state index in [-0.39, 0.29) is 12.0 Å². The summed E-state index contributed by atoms with van der Waals surface area (Å²) >= 11 is 0. The highest BCUT2D eigenvalue weighted by Gasteiger charge is 2.14. The van der Waals surface area contributed by atoms with Crippen molar-refractivity contribution in [2.24, 2.45) is 5.92 Å². The van der Waals surface area contributed by atoms with Gasteiger partial charge in [0.25, 0.3) is 0 Å². The van der Waals surface area contributed by atoms with Gasteiger partial charge >= 0.3 is 11.9 Å². The average Bonchev–Trinajstić information content (AvgIpc) is 2.53. The van der Waals surface area contributed by atoms with Crippen LogP contribution in [0.1, 0.15) is 27.2 Å². The lowest BCUT2D eigenvalue weighted by molar-refractivity contribution is -0.145. The Morgan fingerprint density at radius 1 is 1.18 bits per heavy atom. The molecule has 1 saturated heterocycles. The van der Waals surface area contributed by atoms with Crippen molar-refractivity contribution in [1.29, 1.82) is 0 Å². The lowest BCUT2D eigenvalue weighted by atomic mass is 10.0. The summed E-state index contributed by atoms with van der Waals surface area (Å²) < 4.78 is 15.5. The van der Waals surface area contributed by atoms with E-state index in [1.807, 2.05) is 20.8 Å². The molecule has 0 aliphatic carbocycles. The minimum atomic E-state index is -0.526. The molecule has 0 aromatic carbocycles. The number of nitrogens with zero attached hydrogens (tertiary/aromatic N) is 1. The normalized spacial score (nSPS) is 18.9. The van der Waals surface area contributed by atoms with Crippen LogP contribution in [0.5, 0.6) is 0 Å². The van der Waals surface area contributed by atoms with Gasteiger partial charge in [-0.2, -0.15) is 0 Å². The summed E-state index contributed by atoms with van der Waals surface area (Å²) in [6.07, 6.45) is 3.00. The highest BCUT2D eigenvalue weighted by Crippen LogP contribution is 2.10. The van der Waals surface area contributed by atoms with Crippen LogP contribution in [0.3, 0.4) is 0 Å². The molecule has 22 heavy (non-hydrogen) atoms. The van der Waals surface area contributed by atoms with E-state index in [2.05, 4.69) is 4.90 Å². The standard InChI is InChI=1S/C16H27NO5/c1-4-13(2)14(3)22-16(19)6-5-15(18)21-12-9-17-7-10-20-11-8-17/h5-6,13-14H,4,7-12H2,1-3H3/b6-5+. The molecule has 0 N–H and O–H groups in total. The summed E-state index contributed by atoms with van der Waals surface area (Å²) in [7, 11) is 0. The van der Waals surface area contributed by atoms with Gasteiger partial charge in [-0.3, -0.25) is 4.90 Å². The van der Waals surface area contributed by atoms with Crippen molar-refractivity contribution >= 4 is 11.9 Å². The van der Waals surface area contributed by atoms with Crippen LogP contribution in [0.25, 0.3) is 0 Å². The molecule has 126 valence electrons. The van der Waals surface area contributed by atoms with Gasteiger partial charge in [-0.15, -0.1) is 0 Å². The minimum absolute atomic E-state index is 0.167. The second-order valence-electron chi connectivity index (χ2n) is 5.48. The zero-order chi connectivity index (χ0) is 16.4. The molecule has 1 fully saturated rings. The second kappa shape index (κ2) is 10.3. The van der Waals surface area contributed by atoms with Gasteiger partial charge in [0.05, 0.1) is 13.2 Å². The zero-order valence-corrected chi connectivity index (χ0v) is 13.7. The van der Waals surface area contributed by atoms with Crippen LogP contribution in [0, 0.1) is 5.92 Å². The van der Waals surface area contributed by atoms with Crippen LogP contribution in [0.15, 0.2) is 12.2 Å². The van der Waals surface area contributed by atoms with Crippen molar-refractivity contribution in [3.05, 3.63) is 12.2 Å². The van der Waals surface area contributed by atoms with Gasteiger partial charge in [0.1, 0.15) is 12.7 Å². The van der Waals surface area contributed by atoms with E-state index >= 15 is 0 Å². The highest BCUT2D eigenvalue weighted by molar-refractivity contribution is 5.91. The molecule has 0 bridgehead atoms. The second-order valence-corrected chi connectivity index (χ2v) is 5.48. The topological polar surface area (TPSA) is 65.1 Å². The van der Waals surface area contributed by atoms with Crippen LogP contribution < -0.4 is 0 Å². The van der Waals surface area contributed by atoms with Gasteiger partial charge in [-0.05, 0) is 12.8 Å². The third-order valence-corrected chi connectivity index (χ3v) is 3.86. The van der Waals surface area contributed by atoms with Gasteiger partial charge in [0.15, 0.2) is 0 Å². The summed E-state index contributed by atoms with van der Waals surface area (Å²) in [4.78, 5) is 25.2. The fraction of sp³-hybridized carbons (Fsp3) is 0.750. The molecule has 1 heterocycles. The third kappa shape index (κ3) is 7.56. The van der Waals surface area contributed by atoms with Crippen LogP contribution in [-0.4, -0.2) is 62.4 Å². The van der Waals surface area contributed by atoms with E-state index in [1.54, 1.807) is 0 Å². The Balaban J connectivity index is 2.18. The maximum atomic E-state index is 11.6. The quantitative estimate of drug-likeness (QED) is 0.498. The van der Waals surface area contributed by atoms with Crippen LogP contribution >= 0.6 is 0 Å². The summed E-state index contributed by atoms with van der Waals surface area (Å²) in [6.45, 7) is 10.0. The molecule has 1 aliphatic heterocycles. The molecule has 0 spiro atoms. The summed E-state index contributed by atoms with van der Waals surface area (Å²) in [6, 6.07) is 0. The van der Waals surface area contributed by atoms with E-state index in [9.17, 15) is 9.59 Å². The van der Waals surface area contributed by atoms with E-state index < -0.39 is 11.9 Å². The number of hydrogen-bond donors (Lipinski definition) is 0. The van der Waals surface area contributed by atoms with Crippen molar-refractivity contribution in [2.45, 2.75) is 33.3 Å². The van der Waals surface area contributed by atoms with Crippen molar-refractivity contribution in [2.75, 3.05) is 39.5 Å². The summed E-state index contributed by atoms with van der Waals surface area (Å²) in [5.74, 6) is -0.753. The molecule has 2 unspecified atom stereocenters. The fourth-order valence-corrected chi connectivity index (χ4v) is 1.95. The van der Waals surface area contributed by atoms with Crippen molar-refractivity contribution < 1.29 is 23.8 Å². The summed E-state index contributed by atoms with van der Waals surface area (Å²) in [5.41, 5.74) is 0. The van der Waals surface area contributed by atoms with Gasteiger partial charge in [-0.25, -0.2) is 9.59 Å². The number of carbonyl (C=O) groups excluding carboxylic acids is 2. The summed E-state index contributed by atoms with van der Waals surface area (Å²) in [5, 5.41) is 0. The fourth-order valence-electron chi connectivity index (χ4n) is 1.95. The van der Waals surface area contributed by atoms with Gasteiger partial charge in [-0.1, -0.05) is 20.3 Å². The van der Waals surface area contributed by atoms with Crippen LogP contribution in [0.4, 0.5) is 0 Å². The third-order valence-electron chi connectivity index (χ3n) is 3.86. The Bertz CT molecular complexity index is 377. The molecule has 6 nitrogen and oxygen atoms in total. The molecule has 6 heteroatoms. The number of rotatable bonds is 8. The molecule has 0 saturated carbocycles. The Labute approximate surface area is 132 Å². The SMILES string of the molecule is CCC(C)C(C)OC(=O)/C=C/C(=O)OCCN1CCOCC1. The van der Waals surface area contributed by atoms with E-state index in [0.29, 0.717) is 26.4 Å². The highest BCUT2D eigenvalue weighted by atomic mass is 16.5. The number of hydrogen-bond acceptors (Lipinski definition) is 6. The smallest absolute Gasteiger partial charge is 0.331 e. The predicted molar refractivity (Wildman–Crippen MR) is 82.4 cm³/mol. The van der Waals surface area contributed by atoms with Crippen molar-refractivity contribution in [3.63, 3.8) is 0 Å². The Hall–Kier alpha value is -1.40. The molecule has 2 atom stereocenters. The minimum Gasteiger partial charge on any atom is -0.461 e. The number of morpholine rings is 1. The molecule has 0 aromatic heterocycles. The first-order valence-corrected chi connectivity index (χ1v) is 7.88. The Kier molecular flexibility index (Phi) is 8.77. The van der Waals surface area contributed by atoms with Gasteiger partial charge in [0.2, 0.25) is 0 Å².